The summed E-state index contributed by atoms with van der Waals surface area (Å²) in [5, 5.41) is 2.31. The number of aromatic nitrogens is 3. The summed E-state index contributed by atoms with van der Waals surface area (Å²) in [6, 6.07) is 12.0. The van der Waals surface area contributed by atoms with Gasteiger partial charge in [-0.3, -0.25) is 0 Å². The van der Waals surface area contributed by atoms with Gasteiger partial charge in [0, 0.05) is 55.3 Å². The topological polar surface area (TPSA) is 83.6 Å². The third-order valence-electron chi connectivity index (χ3n) is 7.85. The fraction of sp³-hybridized carbons (Fsp3) is 0.414. The SMILES string of the molecule is COc1ccc(OCC2CCCN(C(=O)N3CCC(c4cnc5ncc6[nH]cccc6c45)CC3)C2)cc1. The summed E-state index contributed by atoms with van der Waals surface area (Å²) in [5.41, 5.74) is 3.08. The van der Waals surface area contributed by atoms with E-state index in [0.717, 1.165) is 85.3 Å². The number of rotatable bonds is 5. The van der Waals surface area contributed by atoms with Gasteiger partial charge in [-0.25, -0.2) is 14.8 Å². The highest BCUT2D eigenvalue weighted by Gasteiger charge is 2.31. The Bertz CT molecular complexity index is 1380. The largest absolute Gasteiger partial charge is 0.497 e. The number of amides is 2. The maximum atomic E-state index is 13.4. The van der Waals surface area contributed by atoms with Gasteiger partial charge in [-0.2, -0.15) is 0 Å². The molecule has 192 valence electrons. The van der Waals surface area contributed by atoms with Crippen molar-refractivity contribution < 1.29 is 14.3 Å². The van der Waals surface area contributed by atoms with Crippen LogP contribution in [-0.4, -0.2) is 70.7 Å². The lowest BCUT2D eigenvalue weighted by molar-refractivity contribution is 0.104. The number of carbonyl (C=O) groups excluding carboxylic acids is 1. The second kappa shape index (κ2) is 10.3. The lowest BCUT2D eigenvalue weighted by Crippen LogP contribution is -2.50. The van der Waals surface area contributed by atoms with Gasteiger partial charge in [0.2, 0.25) is 0 Å². The number of H-pyrrole nitrogens is 1. The number of urea groups is 1. The summed E-state index contributed by atoms with van der Waals surface area (Å²) in [7, 11) is 1.66. The number of nitrogens with zero attached hydrogens (tertiary/aromatic N) is 4. The molecular formula is C29H33N5O3. The average Bonchev–Trinajstić information content (AvgIpc) is 3.41. The van der Waals surface area contributed by atoms with Crippen molar-refractivity contribution >= 4 is 28.0 Å². The molecule has 2 aliphatic rings. The summed E-state index contributed by atoms with van der Waals surface area (Å²) < 4.78 is 11.2. The van der Waals surface area contributed by atoms with Crippen LogP contribution in [0.25, 0.3) is 21.9 Å². The van der Waals surface area contributed by atoms with E-state index < -0.39 is 0 Å². The molecule has 0 spiro atoms. The van der Waals surface area contributed by atoms with Crippen molar-refractivity contribution in [2.75, 3.05) is 39.9 Å². The van der Waals surface area contributed by atoms with E-state index in [1.54, 1.807) is 7.11 Å². The quantitative estimate of drug-likeness (QED) is 0.408. The zero-order valence-electron chi connectivity index (χ0n) is 21.2. The Kier molecular flexibility index (Phi) is 6.55. The molecule has 2 saturated heterocycles. The van der Waals surface area contributed by atoms with Crippen molar-refractivity contribution in [1.29, 1.82) is 0 Å². The maximum absolute atomic E-state index is 13.4. The lowest BCUT2D eigenvalue weighted by atomic mass is 9.88. The molecule has 1 atom stereocenters. The van der Waals surface area contributed by atoms with Crippen LogP contribution in [0.5, 0.6) is 11.5 Å². The van der Waals surface area contributed by atoms with Crippen LogP contribution < -0.4 is 9.47 Å². The standard InChI is InChI=1S/C29H33N5O3/c1-36-22-6-8-23(9-7-22)37-19-20-4-3-13-34(18-20)29(35)33-14-10-21(11-15-33)25-16-31-28-27(25)24-5-2-12-30-26(24)17-32-28/h2,5-9,12,16-17,20-21,30H,3-4,10-11,13-15,18-19H2,1H3. The van der Waals surface area contributed by atoms with Crippen LogP contribution in [0.1, 0.15) is 37.2 Å². The summed E-state index contributed by atoms with van der Waals surface area (Å²) >= 11 is 0. The van der Waals surface area contributed by atoms with Crippen molar-refractivity contribution in [2.24, 2.45) is 5.92 Å². The first-order valence-corrected chi connectivity index (χ1v) is 13.2. The highest BCUT2D eigenvalue weighted by atomic mass is 16.5. The smallest absolute Gasteiger partial charge is 0.320 e. The summed E-state index contributed by atoms with van der Waals surface area (Å²) in [5.74, 6) is 2.38. The van der Waals surface area contributed by atoms with Crippen molar-refractivity contribution in [3.05, 3.63) is 60.6 Å². The normalized spacial score (nSPS) is 18.9. The van der Waals surface area contributed by atoms with Gasteiger partial charge in [0.25, 0.3) is 0 Å². The van der Waals surface area contributed by atoms with Gasteiger partial charge >= 0.3 is 6.03 Å². The number of carbonyl (C=O) groups is 1. The van der Waals surface area contributed by atoms with Crippen LogP contribution in [0.2, 0.25) is 0 Å². The minimum Gasteiger partial charge on any atom is -0.497 e. The van der Waals surface area contributed by atoms with Gasteiger partial charge < -0.3 is 24.3 Å². The molecule has 2 aliphatic heterocycles. The highest BCUT2D eigenvalue weighted by Crippen LogP contribution is 2.36. The number of aromatic amines is 1. The first-order valence-electron chi connectivity index (χ1n) is 13.2. The van der Waals surface area contributed by atoms with Crippen LogP contribution in [0.15, 0.2) is 55.0 Å². The monoisotopic (exact) mass is 499 g/mol. The molecule has 0 bridgehead atoms. The van der Waals surface area contributed by atoms with Gasteiger partial charge in [0.15, 0.2) is 5.65 Å². The fourth-order valence-corrected chi connectivity index (χ4v) is 5.82. The second-order valence-electron chi connectivity index (χ2n) is 10.2. The molecule has 3 aromatic heterocycles. The van der Waals surface area contributed by atoms with Crippen LogP contribution in [-0.2, 0) is 0 Å². The number of benzene rings is 1. The minimum absolute atomic E-state index is 0.166. The number of fused-ring (bicyclic) bond motifs is 3. The first-order chi connectivity index (χ1) is 18.2. The van der Waals surface area contributed by atoms with Gasteiger partial charge in [0.05, 0.1) is 25.4 Å². The van der Waals surface area contributed by atoms with E-state index in [-0.39, 0.29) is 6.03 Å². The molecule has 2 amide bonds. The molecular weight excluding hydrogens is 466 g/mol. The number of piperidine rings is 2. The Morgan fingerprint density at radius 3 is 2.59 bits per heavy atom. The molecule has 1 N–H and O–H groups in total. The summed E-state index contributed by atoms with van der Waals surface area (Å²) in [6.45, 7) is 3.73. The number of pyridine rings is 2. The van der Waals surface area contributed by atoms with E-state index in [1.807, 2.05) is 58.7 Å². The van der Waals surface area contributed by atoms with E-state index in [4.69, 9.17) is 9.47 Å². The molecule has 37 heavy (non-hydrogen) atoms. The number of nitrogens with one attached hydrogen (secondary N) is 1. The Labute approximate surface area is 216 Å². The molecule has 2 fully saturated rings. The molecule has 4 aromatic rings. The molecule has 0 saturated carbocycles. The number of likely N-dealkylation sites (tertiary alicyclic amines) is 2. The van der Waals surface area contributed by atoms with E-state index in [0.29, 0.717) is 18.4 Å². The molecule has 0 radical (unpaired) electrons. The molecule has 1 unspecified atom stereocenters. The van der Waals surface area contributed by atoms with Crippen molar-refractivity contribution in [3.63, 3.8) is 0 Å². The van der Waals surface area contributed by atoms with Crippen molar-refractivity contribution in [1.82, 2.24) is 24.8 Å². The second-order valence-corrected chi connectivity index (χ2v) is 10.2. The van der Waals surface area contributed by atoms with Crippen LogP contribution in [0, 0.1) is 5.92 Å². The molecule has 0 aliphatic carbocycles. The van der Waals surface area contributed by atoms with Gasteiger partial charge in [0.1, 0.15) is 11.5 Å². The Morgan fingerprint density at radius 1 is 1.00 bits per heavy atom. The van der Waals surface area contributed by atoms with E-state index >= 15 is 0 Å². The Morgan fingerprint density at radius 2 is 1.78 bits per heavy atom. The first kappa shape index (κ1) is 23.6. The number of methoxy groups -OCH3 is 1. The van der Waals surface area contributed by atoms with Gasteiger partial charge in [-0.1, -0.05) is 6.07 Å². The lowest BCUT2D eigenvalue weighted by Gasteiger charge is -2.39. The summed E-state index contributed by atoms with van der Waals surface area (Å²) in [4.78, 5) is 29.9. The Balaban J connectivity index is 1.06. The number of hydrogen-bond acceptors (Lipinski definition) is 5. The maximum Gasteiger partial charge on any atom is 0.320 e. The van der Waals surface area contributed by atoms with E-state index in [2.05, 4.69) is 21.0 Å². The van der Waals surface area contributed by atoms with E-state index in [1.165, 1.54) is 5.56 Å². The molecule has 8 nitrogen and oxygen atoms in total. The number of hydrogen-bond donors (Lipinski definition) is 1. The van der Waals surface area contributed by atoms with E-state index in [9.17, 15) is 4.79 Å². The van der Waals surface area contributed by atoms with Gasteiger partial charge in [-0.05, 0) is 67.5 Å². The van der Waals surface area contributed by atoms with Crippen LogP contribution >= 0.6 is 0 Å². The molecule has 6 rings (SSSR count). The molecule has 1 aromatic carbocycles. The third kappa shape index (κ3) is 4.80. The van der Waals surface area contributed by atoms with Crippen molar-refractivity contribution in [3.8, 4) is 11.5 Å². The van der Waals surface area contributed by atoms with Crippen molar-refractivity contribution in [2.45, 2.75) is 31.6 Å². The fourth-order valence-electron chi connectivity index (χ4n) is 5.82. The highest BCUT2D eigenvalue weighted by molar-refractivity contribution is 6.05. The predicted molar refractivity (Wildman–Crippen MR) is 143 cm³/mol. The molecule has 5 heterocycles. The molecule has 8 heteroatoms. The average molecular weight is 500 g/mol. The predicted octanol–water partition coefficient (Wildman–Crippen LogP) is 5.21. The summed E-state index contributed by atoms with van der Waals surface area (Å²) in [6.07, 6.45) is 9.74. The minimum atomic E-state index is 0.166. The van der Waals surface area contributed by atoms with Gasteiger partial charge in [-0.15, -0.1) is 0 Å². The Hall–Kier alpha value is -3.81. The number of ether oxygens (including phenoxy) is 2. The van der Waals surface area contributed by atoms with Crippen LogP contribution in [0.4, 0.5) is 4.79 Å². The zero-order valence-corrected chi connectivity index (χ0v) is 21.2. The van der Waals surface area contributed by atoms with Crippen LogP contribution in [0.3, 0.4) is 0 Å². The zero-order chi connectivity index (χ0) is 25.2. The third-order valence-corrected chi connectivity index (χ3v) is 7.85.